The molecule has 1 fully saturated rings. The van der Waals surface area contributed by atoms with Gasteiger partial charge in [0.25, 0.3) is 5.91 Å². The molecule has 6 nitrogen and oxygen atoms in total. The van der Waals surface area contributed by atoms with Crippen LogP contribution in [-0.4, -0.2) is 28.2 Å². The minimum atomic E-state index is -0.789. The molecule has 1 amide bonds. The minimum Gasteiger partial charge on any atom is -0.481 e. The molecule has 1 aliphatic rings. The molecule has 0 radical (unpaired) electrons. The van der Waals surface area contributed by atoms with Crippen LogP contribution in [-0.2, 0) is 4.79 Å². The predicted molar refractivity (Wildman–Crippen MR) is 76.1 cm³/mol. The largest absolute Gasteiger partial charge is 0.481 e. The highest BCUT2D eigenvalue weighted by atomic mass is 16.5. The zero-order valence-corrected chi connectivity index (χ0v) is 12.5. The number of carbonyl (C=O) groups excluding carboxylic acids is 1. The van der Waals surface area contributed by atoms with Crippen LogP contribution >= 0.6 is 0 Å². The van der Waals surface area contributed by atoms with E-state index in [2.05, 4.69) is 24.3 Å². The maximum absolute atomic E-state index is 12.1. The molecule has 0 aliphatic heterocycles. The Balaban J connectivity index is 1.94. The lowest BCUT2D eigenvalue weighted by atomic mass is 9.99. The zero-order valence-electron chi connectivity index (χ0n) is 12.5. The molecule has 1 heterocycles. The fourth-order valence-corrected chi connectivity index (χ4v) is 2.89. The first-order valence-corrected chi connectivity index (χ1v) is 7.55. The second kappa shape index (κ2) is 6.74. The van der Waals surface area contributed by atoms with E-state index in [1.807, 2.05) is 0 Å². The topological polar surface area (TPSA) is 92.4 Å². The molecular weight excluding hydrogens is 272 g/mol. The Labute approximate surface area is 123 Å². The molecule has 2 atom stereocenters. The third-order valence-electron chi connectivity index (χ3n) is 4.27. The quantitative estimate of drug-likeness (QED) is 0.841. The van der Waals surface area contributed by atoms with E-state index in [9.17, 15) is 9.59 Å². The first kappa shape index (κ1) is 15.5. The lowest BCUT2D eigenvalue weighted by Crippen LogP contribution is -2.33. The Morgan fingerprint density at radius 3 is 2.71 bits per heavy atom. The number of amides is 1. The summed E-state index contributed by atoms with van der Waals surface area (Å²) in [6.07, 6.45) is 3.68. The second-order valence-corrected chi connectivity index (χ2v) is 5.65. The average molecular weight is 294 g/mol. The van der Waals surface area contributed by atoms with E-state index in [0.717, 1.165) is 18.5 Å². The number of rotatable bonds is 6. The second-order valence-electron chi connectivity index (χ2n) is 5.65. The third kappa shape index (κ3) is 3.62. The third-order valence-corrected chi connectivity index (χ3v) is 4.27. The predicted octanol–water partition coefficient (Wildman–Crippen LogP) is 2.56. The van der Waals surface area contributed by atoms with Crippen molar-refractivity contribution in [3.8, 4) is 0 Å². The molecule has 2 rings (SSSR count). The fraction of sp³-hybridized carbons (Fsp3) is 0.667. The molecule has 1 saturated carbocycles. The number of hydrogen-bond donors (Lipinski definition) is 2. The van der Waals surface area contributed by atoms with Gasteiger partial charge in [0, 0.05) is 18.0 Å². The van der Waals surface area contributed by atoms with Crippen molar-refractivity contribution < 1.29 is 19.2 Å². The summed E-state index contributed by atoms with van der Waals surface area (Å²) in [6.45, 7) is 4.15. The van der Waals surface area contributed by atoms with Gasteiger partial charge in [-0.05, 0) is 32.1 Å². The molecular formula is C15H22N2O4. The molecule has 0 aromatic carbocycles. The van der Waals surface area contributed by atoms with Crippen LogP contribution in [0.5, 0.6) is 0 Å². The molecule has 0 bridgehead atoms. The first-order valence-electron chi connectivity index (χ1n) is 7.55. The minimum absolute atomic E-state index is 0.0969. The lowest BCUT2D eigenvalue weighted by molar-refractivity contribution is -0.141. The SMILES string of the molecule is CCC(CC)c1cc(C(=O)N[C@@H]2CC[C@H](C(=O)O)C2)on1. The summed E-state index contributed by atoms with van der Waals surface area (Å²) in [5.74, 6) is -0.947. The highest BCUT2D eigenvalue weighted by Gasteiger charge is 2.31. The maximum atomic E-state index is 12.1. The molecule has 2 N–H and O–H groups in total. The summed E-state index contributed by atoms with van der Waals surface area (Å²) in [7, 11) is 0. The standard InChI is InChI=1S/C15H22N2O4/c1-3-9(4-2)12-8-13(21-17-12)14(18)16-11-6-5-10(7-11)15(19)20/h8-11H,3-7H2,1-2H3,(H,16,18)(H,19,20)/t10-,11+/m0/s1. The van der Waals surface area contributed by atoms with E-state index < -0.39 is 5.97 Å². The van der Waals surface area contributed by atoms with Crippen LogP contribution in [0, 0.1) is 5.92 Å². The van der Waals surface area contributed by atoms with Crippen LogP contribution in [0.25, 0.3) is 0 Å². The highest BCUT2D eigenvalue weighted by Crippen LogP contribution is 2.26. The van der Waals surface area contributed by atoms with Gasteiger partial charge in [-0.25, -0.2) is 0 Å². The molecule has 1 aromatic heterocycles. The number of nitrogens with one attached hydrogen (secondary N) is 1. The summed E-state index contributed by atoms with van der Waals surface area (Å²) in [4.78, 5) is 23.0. The van der Waals surface area contributed by atoms with Gasteiger partial charge in [-0.2, -0.15) is 0 Å². The smallest absolute Gasteiger partial charge is 0.306 e. The molecule has 0 saturated heterocycles. The summed E-state index contributed by atoms with van der Waals surface area (Å²) < 4.78 is 5.12. The van der Waals surface area contributed by atoms with Crippen LogP contribution < -0.4 is 5.32 Å². The van der Waals surface area contributed by atoms with Gasteiger partial charge >= 0.3 is 5.97 Å². The molecule has 1 aliphatic carbocycles. The van der Waals surface area contributed by atoms with Gasteiger partial charge < -0.3 is 14.9 Å². The summed E-state index contributed by atoms with van der Waals surface area (Å²) in [5, 5.41) is 15.8. The summed E-state index contributed by atoms with van der Waals surface area (Å²) in [6, 6.07) is 1.59. The Bertz CT molecular complexity index is 508. The summed E-state index contributed by atoms with van der Waals surface area (Å²) >= 11 is 0. The Kier molecular flexibility index (Phi) is 4.98. The Hall–Kier alpha value is -1.85. The van der Waals surface area contributed by atoms with Crippen molar-refractivity contribution >= 4 is 11.9 Å². The van der Waals surface area contributed by atoms with E-state index >= 15 is 0 Å². The van der Waals surface area contributed by atoms with Gasteiger partial charge in [0.1, 0.15) is 0 Å². The number of carbonyl (C=O) groups is 2. The van der Waals surface area contributed by atoms with E-state index in [1.165, 1.54) is 0 Å². The van der Waals surface area contributed by atoms with Crippen molar-refractivity contribution in [1.82, 2.24) is 10.5 Å². The number of hydrogen-bond acceptors (Lipinski definition) is 4. The van der Waals surface area contributed by atoms with Crippen LogP contribution in [0.4, 0.5) is 0 Å². The average Bonchev–Trinajstić information content (AvgIpc) is 3.09. The molecule has 1 aromatic rings. The Morgan fingerprint density at radius 1 is 1.43 bits per heavy atom. The molecule has 0 spiro atoms. The van der Waals surface area contributed by atoms with Gasteiger partial charge in [0.05, 0.1) is 11.6 Å². The van der Waals surface area contributed by atoms with Crippen molar-refractivity contribution in [3.05, 3.63) is 17.5 Å². The number of aliphatic carboxylic acids is 1. The van der Waals surface area contributed by atoms with E-state index in [4.69, 9.17) is 9.63 Å². The van der Waals surface area contributed by atoms with Crippen molar-refractivity contribution in [2.45, 2.75) is 57.9 Å². The van der Waals surface area contributed by atoms with Crippen LogP contribution in [0.3, 0.4) is 0 Å². The monoisotopic (exact) mass is 294 g/mol. The fourth-order valence-electron chi connectivity index (χ4n) is 2.89. The summed E-state index contributed by atoms with van der Waals surface area (Å²) in [5.41, 5.74) is 0.806. The van der Waals surface area contributed by atoms with Crippen LogP contribution in [0.2, 0.25) is 0 Å². The van der Waals surface area contributed by atoms with Gasteiger partial charge in [-0.3, -0.25) is 9.59 Å². The molecule has 21 heavy (non-hydrogen) atoms. The van der Waals surface area contributed by atoms with E-state index in [0.29, 0.717) is 25.2 Å². The van der Waals surface area contributed by atoms with Crippen LogP contribution in [0.1, 0.15) is 68.1 Å². The molecule has 116 valence electrons. The molecule has 0 unspecified atom stereocenters. The number of aromatic nitrogens is 1. The van der Waals surface area contributed by atoms with Crippen LogP contribution in [0.15, 0.2) is 10.6 Å². The zero-order chi connectivity index (χ0) is 15.4. The highest BCUT2D eigenvalue weighted by molar-refractivity contribution is 5.91. The lowest BCUT2D eigenvalue weighted by Gasteiger charge is -2.10. The number of nitrogens with zero attached hydrogens (tertiary/aromatic N) is 1. The van der Waals surface area contributed by atoms with E-state index in [-0.39, 0.29) is 23.6 Å². The van der Waals surface area contributed by atoms with E-state index in [1.54, 1.807) is 6.07 Å². The Morgan fingerprint density at radius 2 is 2.14 bits per heavy atom. The van der Waals surface area contributed by atoms with Gasteiger partial charge in [0.2, 0.25) is 5.76 Å². The number of carboxylic acid groups (broad SMARTS) is 1. The maximum Gasteiger partial charge on any atom is 0.306 e. The van der Waals surface area contributed by atoms with Crippen molar-refractivity contribution in [2.75, 3.05) is 0 Å². The first-order chi connectivity index (χ1) is 10.0. The number of carboxylic acids is 1. The van der Waals surface area contributed by atoms with Crippen molar-refractivity contribution in [2.24, 2.45) is 5.92 Å². The van der Waals surface area contributed by atoms with Crippen molar-refractivity contribution in [3.63, 3.8) is 0 Å². The molecule has 6 heteroatoms. The van der Waals surface area contributed by atoms with Gasteiger partial charge in [0.15, 0.2) is 0 Å². The van der Waals surface area contributed by atoms with Gasteiger partial charge in [-0.15, -0.1) is 0 Å². The van der Waals surface area contributed by atoms with Crippen molar-refractivity contribution in [1.29, 1.82) is 0 Å². The normalized spacial score (nSPS) is 21.7. The van der Waals surface area contributed by atoms with Gasteiger partial charge in [-0.1, -0.05) is 19.0 Å².